The second-order valence-electron chi connectivity index (χ2n) is 8.62. The highest BCUT2D eigenvalue weighted by Crippen LogP contribution is 2.35. The van der Waals surface area contributed by atoms with Gasteiger partial charge in [0.1, 0.15) is 16.6 Å². The number of hydrogen-bond donors (Lipinski definition) is 2. The van der Waals surface area contributed by atoms with Crippen molar-refractivity contribution in [2.24, 2.45) is 11.0 Å². The minimum atomic E-state index is -0.786. The van der Waals surface area contributed by atoms with Crippen molar-refractivity contribution in [2.75, 3.05) is 0 Å². The van der Waals surface area contributed by atoms with E-state index in [4.69, 9.17) is 0 Å². The van der Waals surface area contributed by atoms with E-state index in [2.05, 4.69) is 22.4 Å². The molecule has 2 aromatic heterocycles. The second kappa shape index (κ2) is 8.44. The molecule has 1 aliphatic carbocycles. The number of rotatable bonds is 4. The summed E-state index contributed by atoms with van der Waals surface area (Å²) in [4.78, 5) is 32.5. The molecule has 4 aromatic rings. The van der Waals surface area contributed by atoms with Gasteiger partial charge < -0.3 is 5.11 Å². The summed E-state index contributed by atoms with van der Waals surface area (Å²) in [7, 11) is 0. The van der Waals surface area contributed by atoms with E-state index in [0.717, 1.165) is 40.4 Å². The first kappa shape index (κ1) is 21.3. The van der Waals surface area contributed by atoms with Crippen LogP contribution < -0.4 is 11.0 Å². The molecule has 33 heavy (non-hydrogen) atoms. The number of thiophene rings is 1. The lowest BCUT2D eigenvalue weighted by Crippen LogP contribution is -2.34. The molecule has 2 heterocycles. The molecule has 0 saturated carbocycles. The summed E-state index contributed by atoms with van der Waals surface area (Å²) >= 11 is 1.59. The minimum Gasteiger partial charge on any atom is -0.507 e. The number of nitrogens with one attached hydrogen (secondary N) is 1. The summed E-state index contributed by atoms with van der Waals surface area (Å²) < 4.78 is 1.37. The molecule has 2 aromatic carbocycles. The standard InChI is InChI=1S/C25H24N4O3S/c1-14-7-9-18-21(11-14)33-24-22(18)25(32)29(13-26-24)15(2)23(31)28-27-12-19-17-6-4-3-5-16(17)8-10-20(19)30/h3-6,8,10,12-15,30H,7,9,11H2,1-2H3,(H,28,31)/b27-12-/t14-,15-/m0/s1. The van der Waals surface area contributed by atoms with Crippen molar-refractivity contribution in [3.05, 3.63) is 69.1 Å². The lowest BCUT2D eigenvalue weighted by molar-refractivity contribution is -0.123. The zero-order valence-corrected chi connectivity index (χ0v) is 19.2. The van der Waals surface area contributed by atoms with Crippen molar-refractivity contribution in [2.45, 2.75) is 39.2 Å². The maximum atomic E-state index is 13.3. The van der Waals surface area contributed by atoms with Crippen LogP contribution in [-0.2, 0) is 17.6 Å². The van der Waals surface area contributed by atoms with Crippen LogP contribution in [0.25, 0.3) is 21.0 Å². The van der Waals surface area contributed by atoms with Gasteiger partial charge in [0.15, 0.2) is 0 Å². The third-order valence-corrected chi connectivity index (χ3v) is 7.52. The van der Waals surface area contributed by atoms with Gasteiger partial charge in [-0.1, -0.05) is 37.3 Å². The normalized spacial score (nSPS) is 16.8. The van der Waals surface area contributed by atoms with Crippen LogP contribution in [0.5, 0.6) is 5.75 Å². The number of fused-ring (bicyclic) bond motifs is 4. The van der Waals surface area contributed by atoms with Gasteiger partial charge in [-0.2, -0.15) is 5.10 Å². The second-order valence-corrected chi connectivity index (χ2v) is 9.70. The lowest BCUT2D eigenvalue weighted by atomic mass is 9.89. The Morgan fingerprint density at radius 3 is 3.00 bits per heavy atom. The third-order valence-electron chi connectivity index (χ3n) is 6.35. The van der Waals surface area contributed by atoms with E-state index in [-0.39, 0.29) is 11.3 Å². The van der Waals surface area contributed by atoms with Crippen LogP contribution >= 0.6 is 11.3 Å². The largest absolute Gasteiger partial charge is 0.507 e. The average Bonchev–Trinajstić information content (AvgIpc) is 3.18. The van der Waals surface area contributed by atoms with Crippen LogP contribution in [0.1, 0.15) is 42.3 Å². The fourth-order valence-corrected chi connectivity index (χ4v) is 5.76. The minimum absolute atomic E-state index is 0.0715. The van der Waals surface area contributed by atoms with Crippen molar-refractivity contribution in [1.29, 1.82) is 0 Å². The highest BCUT2D eigenvalue weighted by Gasteiger charge is 2.25. The molecule has 0 saturated heterocycles. The van der Waals surface area contributed by atoms with E-state index < -0.39 is 11.9 Å². The predicted octanol–water partition coefficient (Wildman–Crippen LogP) is 4.15. The number of carbonyl (C=O) groups excluding carboxylic acids is 1. The van der Waals surface area contributed by atoms with Gasteiger partial charge in [0.25, 0.3) is 11.5 Å². The number of benzene rings is 2. The number of amides is 1. The number of aromatic hydroxyl groups is 1. The van der Waals surface area contributed by atoms with Crippen molar-refractivity contribution in [3.63, 3.8) is 0 Å². The first-order valence-electron chi connectivity index (χ1n) is 11.0. The molecule has 0 spiro atoms. The van der Waals surface area contributed by atoms with E-state index >= 15 is 0 Å². The number of nitrogens with zero attached hydrogens (tertiary/aromatic N) is 3. The number of hydrogen-bond acceptors (Lipinski definition) is 6. The topological polar surface area (TPSA) is 96.6 Å². The molecule has 5 rings (SSSR count). The SMILES string of the molecule is C[C@H]1CCc2c(sc3ncn([C@@H](C)C(=O)N/N=C\c4c(O)ccc5ccccc45)c(=O)c23)C1. The van der Waals surface area contributed by atoms with Gasteiger partial charge in [-0.3, -0.25) is 14.2 Å². The predicted molar refractivity (Wildman–Crippen MR) is 131 cm³/mol. The highest BCUT2D eigenvalue weighted by atomic mass is 32.1. The van der Waals surface area contributed by atoms with E-state index in [1.165, 1.54) is 22.0 Å². The smallest absolute Gasteiger partial charge is 0.263 e. The number of aromatic nitrogens is 2. The van der Waals surface area contributed by atoms with E-state index in [1.807, 2.05) is 30.3 Å². The Kier molecular flexibility index (Phi) is 5.46. The summed E-state index contributed by atoms with van der Waals surface area (Å²) in [6.45, 7) is 3.88. The molecular formula is C25H24N4O3S. The fraction of sp³-hybridized carbons (Fsp3) is 0.280. The first-order valence-corrected chi connectivity index (χ1v) is 11.8. The molecule has 8 heteroatoms. The fourth-order valence-electron chi connectivity index (χ4n) is 4.42. The summed E-state index contributed by atoms with van der Waals surface area (Å²) in [5.74, 6) is 0.241. The molecule has 7 nitrogen and oxygen atoms in total. The molecule has 0 radical (unpaired) electrons. The molecule has 1 aliphatic rings. The zero-order chi connectivity index (χ0) is 23.1. The van der Waals surface area contributed by atoms with Crippen LogP contribution in [-0.4, -0.2) is 26.8 Å². The van der Waals surface area contributed by atoms with Crippen LogP contribution in [0.4, 0.5) is 0 Å². The molecule has 0 fully saturated rings. The molecule has 1 amide bonds. The molecule has 0 bridgehead atoms. The first-order chi connectivity index (χ1) is 15.9. The Labute approximate surface area is 194 Å². The number of hydrazone groups is 1. The Hall–Kier alpha value is -3.52. The Bertz CT molecular complexity index is 1470. The number of phenols is 1. The van der Waals surface area contributed by atoms with Gasteiger partial charge in [0.2, 0.25) is 0 Å². The van der Waals surface area contributed by atoms with Crippen molar-refractivity contribution in [3.8, 4) is 5.75 Å². The number of carbonyl (C=O) groups is 1. The summed E-state index contributed by atoms with van der Waals surface area (Å²) in [6, 6.07) is 10.2. The van der Waals surface area contributed by atoms with Gasteiger partial charge in [-0.15, -0.1) is 11.3 Å². The Morgan fingerprint density at radius 1 is 1.33 bits per heavy atom. The van der Waals surface area contributed by atoms with E-state index in [9.17, 15) is 14.7 Å². The summed E-state index contributed by atoms with van der Waals surface area (Å²) in [5, 5.41) is 16.7. The summed E-state index contributed by atoms with van der Waals surface area (Å²) in [5.41, 5.74) is 3.91. The molecule has 0 unspecified atom stereocenters. The molecule has 2 atom stereocenters. The molecule has 168 valence electrons. The number of aryl methyl sites for hydroxylation is 1. The van der Waals surface area contributed by atoms with Gasteiger partial charge in [0, 0.05) is 10.4 Å². The van der Waals surface area contributed by atoms with Crippen LogP contribution in [0, 0.1) is 5.92 Å². The van der Waals surface area contributed by atoms with E-state index in [1.54, 1.807) is 24.3 Å². The van der Waals surface area contributed by atoms with Crippen molar-refractivity contribution in [1.82, 2.24) is 15.0 Å². The van der Waals surface area contributed by atoms with E-state index in [0.29, 0.717) is 16.9 Å². The van der Waals surface area contributed by atoms with Gasteiger partial charge >= 0.3 is 0 Å². The van der Waals surface area contributed by atoms with Gasteiger partial charge in [-0.25, -0.2) is 10.4 Å². The summed E-state index contributed by atoms with van der Waals surface area (Å²) in [6.07, 6.45) is 5.76. The quantitative estimate of drug-likeness (QED) is 0.353. The highest BCUT2D eigenvalue weighted by molar-refractivity contribution is 7.18. The lowest BCUT2D eigenvalue weighted by Gasteiger charge is -2.18. The number of phenolic OH excluding ortho intramolecular Hbond substituents is 1. The monoisotopic (exact) mass is 460 g/mol. The van der Waals surface area contributed by atoms with Crippen molar-refractivity contribution >= 4 is 44.4 Å². The Balaban J connectivity index is 1.40. The van der Waals surface area contributed by atoms with Crippen LogP contribution in [0.15, 0.2) is 52.6 Å². The van der Waals surface area contributed by atoms with Crippen molar-refractivity contribution < 1.29 is 9.90 Å². The van der Waals surface area contributed by atoms with Crippen LogP contribution in [0.2, 0.25) is 0 Å². The maximum absolute atomic E-state index is 13.3. The molecular weight excluding hydrogens is 436 g/mol. The van der Waals surface area contributed by atoms with Gasteiger partial charge in [-0.05, 0) is 54.5 Å². The molecule has 0 aliphatic heterocycles. The maximum Gasteiger partial charge on any atom is 0.263 e. The Morgan fingerprint density at radius 2 is 2.15 bits per heavy atom. The van der Waals surface area contributed by atoms with Crippen LogP contribution in [0.3, 0.4) is 0 Å². The average molecular weight is 461 g/mol. The molecule has 2 N–H and O–H groups in total. The van der Waals surface area contributed by atoms with Gasteiger partial charge in [0.05, 0.1) is 17.9 Å². The zero-order valence-electron chi connectivity index (χ0n) is 18.4. The third kappa shape index (κ3) is 3.80.